The lowest BCUT2D eigenvalue weighted by atomic mass is 10.2. The largest absolute Gasteiger partial charge is 0.405 e. The molecule has 1 aliphatic heterocycles. The number of halogens is 4. The van der Waals surface area contributed by atoms with Gasteiger partial charge < -0.3 is 5.32 Å². The summed E-state index contributed by atoms with van der Waals surface area (Å²) in [5.41, 5.74) is -0.312. The first kappa shape index (κ1) is 22.6. The second-order valence-corrected chi connectivity index (χ2v) is 7.21. The minimum atomic E-state index is -4.59. The number of alkyl halides is 3. The molecule has 0 aliphatic carbocycles. The number of piperazine rings is 1. The van der Waals surface area contributed by atoms with Crippen molar-refractivity contribution in [3.63, 3.8) is 0 Å². The molecule has 1 aliphatic rings. The molecule has 1 saturated heterocycles. The van der Waals surface area contributed by atoms with Crippen LogP contribution in [0.15, 0.2) is 29.2 Å². The van der Waals surface area contributed by atoms with E-state index in [9.17, 15) is 31.7 Å². The number of nitrogens with zero attached hydrogens (tertiary/aromatic N) is 2. The molecule has 1 fully saturated rings. The van der Waals surface area contributed by atoms with Gasteiger partial charge in [-0.05, 0) is 12.1 Å². The topological polar surface area (TPSA) is 105 Å². The average Bonchev–Trinajstić information content (AvgIpc) is 2.54. The highest BCUT2D eigenvalue weighted by atomic mass is 35.5. The van der Waals surface area contributed by atoms with Gasteiger partial charge in [-0.15, -0.1) is 12.4 Å². The molecule has 1 heterocycles. The normalized spacial score (nSPS) is 17.3. The molecule has 0 amide bonds. The van der Waals surface area contributed by atoms with Crippen LogP contribution in [0.25, 0.3) is 0 Å². The zero-order valence-electron chi connectivity index (χ0n) is 13.4. The number of hydrogen-bond donors (Lipinski definition) is 2. The smallest absolute Gasteiger partial charge is 0.314 e. The van der Waals surface area contributed by atoms with E-state index in [4.69, 9.17) is 0 Å². The molecular formula is C13H18ClF3N4O4S. The van der Waals surface area contributed by atoms with Gasteiger partial charge in [0.2, 0.25) is 10.0 Å². The summed E-state index contributed by atoms with van der Waals surface area (Å²) < 4.78 is 66.0. The Morgan fingerprint density at radius 2 is 1.77 bits per heavy atom. The number of nitro groups is 1. The molecule has 13 heteroatoms. The number of benzene rings is 1. The molecule has 26 heavy (non-hydrogen) atoms. The highest BCUT2D eigenvalue weighted by Crippen LogP contribution is 2.25. The number of nitro benzene ring substituents is 1. The van der Waals surface area contributed by atoms with Crippen LogP contribution in [0.3, 0.4) is 0 Å². The van der Waals surface area contributed by atoms with Crippen molar-refractivity contribution in [2.24, 2.45) is 0 Å². The molecule has 0 bridgehead atoms. The summed E-state index contributed by atoms with van der Waals surface area (Å²) in [4.78, 5) is 10.7. The van der Waals surface area contributed by atoms with Crippen LogP contribution in [0.5, 0.6) is 0 Å². The van der Waals surface area contributed by atoms with Crippen molar-refractivity contribution < 1.29 is 26.5 Å². The van der Waals surface area contributed by atoms with Gasteiger partial charge in [0, 0.05) is 44.9 Å². The Hall–Kier alpha value is -1.47. The molecule has 1 unspecified atom stereocenters. The van der Waals surface area contributed by atoms with Crippen molar-refractivity contribution >= 4 is 28.1 Å². The molecule has 2 rings (SSSR count). The van der Waals surface area contributed by atoms with E-state index >= 15 is 0 Å². The number of nitrogens with one attached hydrogen (secondary N) is 2. The van der Waals surface area contributed by atoms with Gasteiger partial charge in [0.05, 0.1) is 9.82 Å². The van der Waals surface area contributed by atoms with Crippen molar-refractivity contribution in [1.82, 2.24) is 14.9 Å². The molecule has 1 atom stereocenters. The monoisotopic (exact) mass is 418 g/mol. The van der Waals surface area contributed by atoms with Crippen LogP contribution in [0.1, 0.15) is 0 Å². The van der Waals surface area contributed by atoms with Gasteiger partial charge in [-0.3, -0.25) is 15.0 Å². The maximum Gasteiger partial charge on any atom is 0.405 e. The number of rotatable bonds is 6. The molecule has 0 saturated carbocycles. The quantitative estimate of drug-likeness (QED) is 0.530. The Bertz CT molecular complexity index is 709. The van der Waals surface area contributed by atoms with Crippen molar-refractivity contribution in [3.05, 3.63) is 34.4 Å². The molecule has 0 radical (unpaired) electrons. The second-order valence-electron chi connectivity index (χ2n) is 5.45. The fourth-order valence-corrected chi connectivity index (χ4v) is 3.50. The second kappa shape index (κ2) is 8.95. The third-order valence-corrected chi connectivity index (χ3v) is 5.23. The highest BCUT2D eigenvalue weighted by Gasteiger charge is 2.44. The Kier molecular flexibility index (Phi) is 7.77. The SMILES string of the molecule is Cl.O=[N+]([O-])c1ccc(S(=O)(=O)NCC(N2CCNCC2)C(F)(F)F)cc1. The van der Waals surface area contributed by atoms with E-state index in [0.717, 1.165) is 24.3 Å². The van der Waals surface area contributed by atoms with E-state index in [1.54, 1.807) is 0 Å². The van der Waals surface area contributed by atoms with Gasteiger partial charge in [0.1, 0.15) is 6.04 Å². The van der Waals surface area contributed by atoms with Crippen molar-refractivity contribution in [2.75, 3.05) is 32.7 Å². The lowest BCUT2D eigenvalue weighted by Gasteiger charge is -2.35. The van der Waals surface area contributed by atoms with Crippen LogP contribution in [-0.4, -0.2) is 63.2 Å². The summed E-state index contributed by atoms with van der Waals surface area (Å²) in [6.45, 7) is 0.263. The fourth-order valence-electron chi connectivity index (χ4n) is 2.46. The van der Waals surface area contributed by atoms with E-state index in [1.165, 1.54) is 4.90 Å². The van der Waals surface area contributed by atoms with Crippen LogP contribution < -0.4 is 10.0 Å². The van der Waals surface area contributed by atoms with Crippen LogP contribution in [0.2, 0.25) is 0 Å². The zero-order valence-corrected chi connectivity index (χ0v) is 15.0. The van der Waals surface area contributed by atoms with E-state index in [-0.39, 0.29) is 36.1 Å². The van der Waals surface area contributed by atoms with Crippen molar-refractivity contribution in [3.8, 4) is 0 Å². The number of non-ortho nitro benzene ring substituents is 1. The summed E-state index contributed by atoms with van der Waals surface area (Å²) in [7, 11) is -4.21. The van der Waals surface area contributed by atoms with Gasteiger partial charge in [-0.25, -0.2) is 13.1 Å². The first-order valence-corrected chi connectivity index (χ1v) is 8.85. The van der Waals surface area contributed by atoms with Crippen molar-refractivity contribution in [1.29, 1.82) is 0 Å². The van der Waals surface area contributed by atoms with Gasteiger partial charge in [0.15, 0.2) is 0 Å². The summed E-state index contributed by atoms with van der Waals surface area (Å²) in [6, 6.07) is 1.97. The predicted molar refractivity (Wildman–Crippen MR) is 89.8 cm³/mol. The van der Waals surface area contributed by atoms with E-state index < -0.39 is 33.7 Å². The number of sulfonamides is 1. The predicted octanol–water partition coefficient (Wildman–Crippen LogP) is 1.13. The molecule has 1 aromatic carbocycles. The van der Waals surface area contributed by atoms with Crippen molar-refractivity contribution in [2.45, 2.75) is 17.1 Å². The van der Waals surface area contributed by atoms with Crippen LogP contribution in [0.4, 0.5) is 18.9 Å². The van der Waals surface area contributed by atoms with Gasteiger partial charge in [0.25, 0.3) is 5.69 Å². The first-order chi connectivity index (χ1) is 11.6. The molecule has 1 aromatic rings. The van der Waals surface area contributed by atoms with Crippen LogP contribution in [0, 0.1) is 10.1 Å². The molecule has 2 N–H and O–H groups in total. The van der Waals surface area contributed by atoms with Crippen LogP contribution in [-0.2, 0) is 10.0 Å². The van der Waals surface area contributed by atoms with Gasteiger partial charge >= 0.3 is 6.18 Å². The standard InChI is InChI=1S/C13H17F3N4O4S.ClH/c14-13(15,16)12(19-7-5-17-6-8-19)9-18-25(23,24)11-3-1-10(2-4-11)20(21)22;/h1-4,12,17-18H,5-9H2;1H. The minimum absolute atomic E-state index is 0. The minimum Gasteiger partial charge on any atom is -0.314 e. The van der Waals surface area contributed by atoms with E-state index in [0.29, 0.717) is 13.1 Å². The maximum atomic E-state index is 13.3. The van der Waals surface area contributed by atoms with Gasteiger partial charge in [-0.2, -0.15) is 13.2 Å². The molecular weight excluding hydrogens is 401 g/mol. The Labute approximate surface area is 154 Å². The molecule has 8 nitrogen and oxygen atoms in total. The summed E-state index contributed by atoms with van der Waals surface area (Å²) in [5, 5.41) is 13.5. The fraction of sp³-hybridized carbons (Fsp3) is 0.538. The molecule has 148 valence electrons. The third-order valence-electron chi connectivity index (χ3n) is 3.79. The highest BCUT2D eigenvalue weighted by molar-refractivity contribution is 7.89. The van der Waals surface area contributed by atoms with Crippen LogP contribution >= 0.6 is 12.4 Å². The molecule has 0 spiro atoms. The lowest BCUT2D eigenvalue weighted by Crippen LogP contribution is -2.57. The summed E-state index contributed by atoms with van der Waals surface area (Å²) >= 11 is 0. The summed E-state index contributed by atoms with van der Waals surface area (Å²) in [5.74, 6) is 0. The Morgan fingerprint density at radius 3 is 2.23 bits per heavy atom. The first-order valence-electron chi connectivity index (χ1n) is 7.37. The third kappa shape index (κ3) is 5.77. The van der Waals surface area contributed by atoms with E-state index in [2.05, 4.69) is 5.32 Å². The van der Waals surface area contributed by atoms with Gasteiger partial charge in [-0.1, -0.05) is 0 Å². The Balaban J connectivity index is 0.00000338. The Morgan fingerprint density at radius 1 is 1.23 bits per heavy atom. The average molecular weight is 419 g/mol. The summed E-state index contributed by atoms with van der Waals surface area (Å²) in [6.07, 6.45) is -4.59. The lowest BCUT2D eigenvalue weighted by molar-refractivity contribution is -0.384. The molecule has 0 aromatic heterocycles. The zero-order chi connectivity index (χ0) is 18.7. The number of hydrogen-bond acceptors (Lipinski definition) is 6. The van der Waals surface area contributed by atoms with E-state index in [1.807, 2.05) is 4.72 Å². The maximum absolute atomic E-state index is 13.3.